The number of aromatic nitrogens is 3. The average molecular weight is 1090 g/mol. The van der Waals surface area contributed by atoms with E-state index >= 15 is 0 Å². The monoisotopic (exact) mass is 1090 g/mol. The van der Waals surface area contributed by atoms with Gasteiger partial charge < -0.3 is 4.74 Å². The Bertz CT molecular complexity index is 3490. The summed E-state index contributed by atoms with van der Waals surface area (Å²) in [6.45, 7) is 17.9. The first-order chi connectivity index (χ1) is 33.2. The topological polar surface area (TPSA) is 39.9 Å². The number of rotatable bonds is 9. The van der Waals surface area contributed by atoms with E-state index < -0.39 is 0 Å². The largest absolute Gasteiger partial charge is 2.00 e. The minimum atomic E-state index is -0.172. The van der Waals surface area contributed by atoms with Gasteiger partial charge in [0.25, 0.3) is 0 Å². The minimum absolute atomic E-state index is 0. The molecule has 0 bridgehead atoms. The van der Waals surface area contributed by atoms with Gasteiger partial charge in [0.15, 0.2) is 0 Å². The first-order valence-corrected chi connectivity index (χ1v) is 23.8. The molecule has 0 atom stereocenters. The van der Waals surface area contributed by atoms with Crippen molar-refractivity contribution in [3.05, 3.63) is 224 Å². The fraction of sp³-hybridized carbons (Fsp3) is 0.154. The third kappa shape index (κ3) is 9.34. The van der Waals surface area contributed by atoms with Crippen LogP contribution in [0.2, 0.25) is 0 Å². The predicted octanol–water partition coefficient (Wildman–Crippen LogP) is 17.3. The number of para-hydroxylation sites is 1. The van der Waals surface area contributed by atoms with E-state index in [1.807, 2.05) is 6.20 Å². The molecule has 0 amide bonds. The number of benzene rings is 8. The first-order valence-electron chi connectivity index (χ1n) is 23.8. The zero-order chi connectivity index (χ0) is 48.0. The molecule has 0 unspecified atom stereocenters. The molecule has 0 aliphatic rings. The van der Waals surface area contributed by atoms with Gasteiger partial charge in [0.05, 0.1) is 28.0 Å². The van der Waals surface area contributed by atoms with E-state index in [9.17, 15) is 0 Å². The van der Waals surface area contributed by atoms with Crippen molar-refractivity contribution < 1.29 is 25.8 Å². The Balaban J connectivity index is 0.00000608. The summed E-state index contributed by atoms with van der Waals surface area (Å²) in [5.74, 6) is 1.46. The Kier molecular flexibility index (Phi) is 13.2. The van der Waals surface area contributed by atoms with Crippen LogP contribution >= 0.6 is 0 Å². The molecule has 0 aliphatic heterocycles. The molecular weight excluding hydrogens is 1030 g/mol. The van der Waals surface area contributed by atoms with E-state index in [1.165, 1.54) is 27.8 Å². The Hall–Kier alpha value is -7.13. The van der Waals surface area contributed by atoms with Crippen LogP contribution in [0.4, 0.5) is 0 Å². The molecular formula is C65H57N3OPt. The van der Waals surface area contributed by atoms with Gasteiger partial charge in [-0.15, -0.1) is 29.3 Å². The average Bonchev–Trinajstić information content (AvgIpc) is 3.76. The van der Waals surface area contributed by atoms with E-state index in [2.05, 4.69) is 255 Å². The van der Waals surface area contributed by atoms with Crippen molar-refractivity contribution >= 4 is 11.0 Å². The molecule has 0 radical (unpaired) electrons. The second-order valence-corrected chi connectivity index (χ2v) is 20.3. The van der Waals surface area contributed by atoms with Gasteiger partial charge in [-0.1, -0.05) is 192 Å². The van der Waals surface area contributed by atoms with Crippen molar-refractivity contribution in [3.8, 4) is 89.7 Å². The van der Waals surface area contributed by atoms with E-state index in [0.717, 1.165) is 89.4 Å². The maximum atomic E-state index is 6.03. The third-order valence-electron chi connectivity index (χ3n) is 13.2. The normalized spacial score (nSPS) is 11.7. The van der Waals surface area contributed by atoms with Crippen LogP contribution in [0.3, 0.4) is 0 Å². The Labute approximate surface area is 428 Å². The third-order valence-corrected chi connectivity index (χ3v) is 13.2. The Morgan fingerprint density at radius 1 is 0.514 bits per heavy atom. The van der Waals surface area contributed by atoms with Gasteiger partial charge in [-0.3, -0.25) is 9.55 Å². The molecule has 0 aliphatic carbocycles. The van der Waals surface area contributed by atoms with Crippen molar-refractivity contribution in [2.75, 3.05) is 0 Å². The van der Waals surface area contributed by atoms with Gasteiger partial charge >= 0.3 is 21.1 Å². The molecule has 10 aromatic rings. The van der Waals surface area contributed by atoms with Crippen LogP contribution in [0.5, 0.6) is 5.75 Å². The molecule has 5 heteroatoms. The summed E-state index contributed by atoms with van der Waals surface area (Å²) in [6, 6.07) is 69.0. The number of nitrogens with zero attached hydrogens (tertiary/aromatic N) is 3. The molecule has 0 saturated carbocycles. The molecule has 10 rings (SSSR count). The van der Waals surface area contributed by atoms with Gasteiger partial charge in [0.2, 0.25) is 0 Å². The van der Waals surface area contributed by atoms with Crippen LogP contribution in [0, 0.1) is 27.0 Å². The van der Waals surface area contributed by atoms with E-state index in [0.29, 0.717) is 5.75 Å². The van der Waals surface area contributed by atoms with E-state index in [-0.39, 0.29) is 31.9 Å². The van der Waals surface area contributed by atoms with Crippen molar-refractivity contribution in [3.63, 3.8) is 0 Å². The number of hydrogen-bond acceptors (Lipinski definition) is 3. The van der Waals surface area contributed by atoms with Crippen LogP contribution in [0.15, 0.2) is 188 Å². The number of aryl methyl sites for hydroxylation is 2. The van der Waals surface area contributed by atoms with Gasteiger partial charge in [0, 0.05) is 17.5 Å². The zero-order valence-electron chi connectivity index (χ0n) is 41.2. The minimum Gasteiger partial charge on any atom is -0.665 e. The molecule has 4 nitrogen and oxygen atoms in total. The van der Waals surface area contributed by atoms with Crippen molar-refractivity contribution in [2.45, 2.75) is 66.2 Å². The number of imidazole rings is 1. The fourth-order valence-corrected chi connectivity index (χ4v) is 9.68. The molecule has 0 fully saturated rings. The Morgan fingerprint density at radius 3 is 1.71 bits per heavy atom. The number of ether oxygens (including phenoxy) is 1. The zero-order valence-corrected chi connectivity index (χ0v) is 43.4. The number of hydrogen-bond donors (Lipinski definition) is 0. The van der Waals surface area contributed by atoms with Gasteiger partial charge in [-0.25, -0.2) is 4.98 Å². The van der Waals surface area contributed by atoms with Crippen LogP contribution in [0.1, 0.15) is 63.8 Å². The molecule has 8 aromatic carbocycles. The summed E-state index contributed by atoms with van der Waals surface area (Å²) >= 11 is 0. The molecule has 0 spiro atoms. The smallest absolute Gasteiger partial charge is 0.665 e. The molecule has 0 N–H and O–H groups in total. The summed E-state index contributed by atoms with van der Waals surface area (Å²) in [7, 11) is 3.98. The summed E-state index contributed by atoms with van der Waals surface area (Å²) in [5.41, 5.74) is 20.8. The summed E-state index contributed by atoms with van der Waals surface area (Å²) in [4.78, 5) is 10.7. The maximum absolute atomic E-state index is 6.03. The first kappa shape index (κ1) is 47.9. The fourth-order valence-electron chi connectivity index (χ4n) is 9.68. The molecule has 0 saturated heterocycles. The van der Waals surface area contributed by atoms with Crippen molar-refractivity contribution in [2.24, 2.45) is 0 Å². The second-order valence-electron chi connectivity index (χ2n) is 20.3. The Morgan fingerprint density at radius 2 is 1.10 bits per heavy atom. The molecule has 348 valence electrons. The number of pyridine rings is 1. The van der Waals surface area contributed by atoms with Crippen molar-refractivity contribution in [1.29, 1.82) is 0 Å². The second kappa shape index (κ2) is 19.3. The van der Waals surface area contributed by atoms with Gasteiger partial charge in [0.1, 0.15) is 5.82 Å². The van der Waals surface area contributed by atoms with E-state index in [1.54, 1.807) is 0 Å². The van der Waals surface area contributed by atoms with Crippen molar-refractivity contribution in [1.82, 2.24) is 14.5 Å². The predicted molar refractivity (Wildman–Crippen MR) is 289 cm³/mol. The SMILES string of the molecule is [CH2-]Oc1c(C)cc(C)cc1-c1nc2c(-c3[c-]c(-c4cc(-c5ccc(-c6ccccc6)cc5)ccn4)cc(C(C)(C)C)c3)cccc2n1-c1cc(-c2ccccc2)c(C(C)(C)C)cc1-c1ccccc1.[Pt+2]. The van der Waals surface area contributed by atoms with Crippen LogP contribution in [0.25, 0.3) is 95.0 Å². The van der Waals surface area contributed by atoms with Crippen LogP contribution < -0.4 is 4.74 Å². The van der Waals surface area contributed by atoms with Gasteiger partial charge in [-0.2, -0.15) is 7.11 Å². The molecule has 2 heterocycles. The summed E-state index contributed by atoms with van der Waals surface area (Å²) in [5, 5.41) is 0. The summed E-state index contributed by atoms with van der Waals surface area (Å²) in [6.07, 6.45) is 1.91. The van der Waals surface area contributed by atoms with Crippen LogP contribution in [-0.2, 0) is 31.9 Å². The van der Waals surface area contributed by atoms with Gasteiger partial charge in [-0.05, 0) is 111 Å². The standard InChI is InChI=1S/C65H57N3O.Pt/c1-42-34-43(2)62(69-9)56(35-42)63-67-61-53(26-19-27-59(61)68(63)60-41-54(47-22-15-11-16-23-47)57(65(6,7)8)40-55(60)48-24-17-12-18-25-48)50-36-51(38-52(37-50)64(3,4)5)58-39-49(32-33-66-58)46-30-28-45(29-31-46)44-20-13-10-14-21-44;/h10-35,37-41H,9H2,1-8H3;/q-2;+2. The van der Waals surface area contributed by atoms with E-state index in [4.69, 9.17) is 14.7 Å². The maximum Gasteiger partial charge on any atom is 2.00 e. The summed E-state index contributed by atoms with van der Waals surface area (Å²) < 4.78 is 8.37. The quantitative estimate of drug-likeness (QED) is 0.135. The molecule has 70 heavy (non-hydrogen) atoms. The van der Waals surface area contributed by atoms with Crippen LogP contribution in [-0.4, -0.2) is 14.5 Å². The number of fused-ring (bicyclic) bond motifs is 1. The molecule has 2 aromatic heterocycles.